The van der Waals surface area contributed by atoms with Crippen LogP contribution in [-0.4, -0.2) is 74.3 Å². The minimum Gasteiger partial charge on any atom is -0.445 e. The highest BCUT2D eigenvalue weighted by atomic mass is 16.5. The molecule has 0 spiro atoms. The molecule has 0 unspecified atom stereocenters. The molecule has 264 valence electrons. The molecule has 50 heavy (non-hydrogen) atoms. The Labute approximate surface area is 293 Å². The van der Waals surface area contributed by atoms with Crippen LogP contribution < -0.4 is 16.0 Å². The summed E-state index contributed by atoms with van der Waals surface area (Å²) in [5.74, 6) is -0.621. The number of nitrogens with zero attached hydrogens (tertiary/aromatic N) is 4. The maximum atomic E-state index is 13.8. The highest BCUT2D eigenvalue weighted by Gasteiger charge is 2.31. The largest absolute Gasteiger partial charge is 0.445 e. The fourth-order valence-electron chi connectivity index (χ4n) is 5.50. The molecule has 0 bridgehead atoms. The number of aryl methyl sites for hydroxylation is 1. The third kappa shape index (κ3) is 12.3. The number of urea groups is 1. The van der Waals surface area contributed by atoms with E-state index in [4.69, 9.17) is 4.74 Å². The number of rotatable bonds is 16. The van der Waals surface area contributed by atoms with E-state index in [1.807, 2.05) is 81.4 Å². The van der Waals surface area contributed by atoms with Gasteiger partial charge in [-0.25, -0.2) is 9.59 Å². The highest BCUT2D eigenvalue weighted by molar-refractivity contribution is 5.87. The molecular formula is C38H47N7O5. The number of pyridine rings is 1. The summed E-state index contributed by atoms with van der Waals surface area (Å²) in [5.41, 5.74) is 3.97. The molecule has 0 aliphatic carbocycles. The van der Waals surface area contributed by atoms with E-state index in [1.54, 1.807) is 44.0 Å². The zero-order valence-corrected chi connectivity index (χ0v) is 29.0. The minimum atomic E-state index is -1.07. The number of aromatic nitrogens is 3. The van der Waals surface area contributed by atoms with Gasteiger partial charge in [0, 0.05) is 37.2 Å². The van der Waals surface area contributed by atoms with E-state index in [0.29, 0.717) is 18.5 Å². The average Bonchev–Trinajstić information content (AvgIpc) is 3.10. The molecule has 0 saturated heterocycles. The Morgan fingerprint density at radius 3 is 2.10 bits per heavy atom. The van der Waals surface area contributed by atoms with Gasteiger partial charge in [0.05, 0.1) is 36.3 Å². The topological polar surface area (TPSA) is 159 Å². The molecule has 12 heteroatoms. The Kier molecular flexibility index (Phi) is 14.2. The van der Waals surface area contributed by atoms with Crippen LogP contribution in [0.4, 0.5) is 9.59 Å². The number of nitrogens with one attached hydrogen (secondary N) is 3. The lowest BCUT2D eigenvalue weighted by Gasteiger charge is -2.30. The number of aliphatic hydroxyl groups excluding tert-OH is 1. The Morgan fingerprint density at radius 2 is 1.48 bits per heavy atom. The van der Waals surface area contributed by atoms with Gasteiger partial charge in [-0.05, 0) is 49.3 Å². The number of alkyl carbamates (subject to hydrolysis) is 1. The van der Waals surface area contributed by atoms with Crippen molar-refractivity contribution in [1.29, 1.82) is 0 Å². The van der Waals surface area contributed by atoms with Gasteiger partial charge in [-0.3, -0.25) is 19.7 Å². The fourth-order valence-corrected chi connectivity index (χ4v) is 5.50. The molecule has 4 atom stereocenters. The van der Waals surface area contributed by atoms with E-state index >= 15 is 0 Å². The fraction of sp³-hybridized carbons (Fsp3) is 0.368. The smallest absolute Gasteiger partial charge is 0.407 e. The maximum absolute atomic E-state index is 13.8. The second-order valence-electron chi connectivity index (χ2n) is 12.8. The van der Waals surface area contributed by atoms with E-state index in [0.717, 1.165) is 22.4 Å². The summed E-state index contributed by atoms with van der Waals surface area (Å²) < 4.78 is 5.45. The molecule has 4 N–H and O–H groups in total. The molecule has 12 nitrogen and oxygen atoms in total. The molecule has 4 rings (SSSR count). The number of hydrogen-bond acceptors (Lipinski definition) is 8. The molecule has 0 aliphatic heterocycles. The van der Waals surface area contributed by atoms with Crippen molar-refractivity contribution in [2.45, 2.75) is 77.4 Å². The summed E-state index contributed by atoms with van der Waals surface area (Å²) in [5, 5.41) is 20.5. The lowest BCUT2D eigenvalue weighted by Crippen LogP contribution is -2.55. The van der Waals surface area contributed by atoms with E-state index in [1.165, 1.54) is 4.90 Å². The number of carbonyl (C=O) groups is 3. The van der Waals surface area contributed by atoms with Gasteiger partial charge in [-0.2, -0.15) is 0 Å². The zero-order valence-electron chi connectivity index (χ0n) is 29.0. The molecule has 0 radical (unpaired) electrons. The third-order valence-electron chi connectivity index (χ3n) is 8.14. The Balaban J connectivity index is 1.47. The van der Waals surface area contributed by atoms with Gasteiger partial charge in [-0.15, -0.1) is 0 Å². The normalized spacial score (nSPS) is 13.4. The summed E-state index contributed by atoms with van der Waals surface area (Å²) in [4.78, 5) is 54.0. The van der Waals surface area contributed by atoms with Crippen LogP contribution in [0.1, 0.15) is 48.3 Å². The predicted octanol–water partition coefficient (Wildman–Crippen LogP) is 4.36. The number of carbonyl (C=O) groups excluding carboxylic acids is 3. The number of ether oxygens (including phenoxy) is 1. The van der Waals surface area contributed by atoms with Crippen LogP contribution in [0, 0.1) is 12.8 Å². The number of benzene rings is 2. The van der Waals surface area contributed by atoms with Crippen LogP contribution in [0.5, 0.6) is 0 Å². The Morgan fingerprint density at radius 1 is 0.820 bits per heavy atom. The predicted molar refractivity (Wildman–Crippen MR) is 190 cm³/mol. The monoisotopic (exact) mass is 681 g/mol. The first-order chi connectivity index (χ1) is 24.1. The van der Waals surface area contributed by atoms with Crippen molar-refractivity contribution in [2.75, 3.05) is 7.05 Å². The van der Waals surface area contributed by atoms with Gasteiger partial charge < -0.3 is 30.7 Å². The van der Waals surface area contributed by atoms with E-state index in [-0.39, 0.29) is 31.4 Å². The quantitative estimate of drug-likeness (QED) is 0.136. The zero-order chi connectivity index (χ0) is 35.9. The summed E-state index contributed by atoms with van der Waals surface area (Å²) in [6.45, 7) is 5.78. The van der Waals surface area contributed by atoms with E-state index in [2.05, 4.69) is 30.9 Å². The summed E-state index contributed by atoms with van der Waals surface area (Å²) in [6, 6.07) is 20.2. The average molecular weight is 682 g/mol. The van der Waals surface area contributed by atoms with Crippen LogP contribution in [0.15, 0.2) is 97.6 Å². The van der Waals surface area contributed by atoms with Gasteiger partial charge in [-0.1, -0.05) is 80.6 Å². The van der Waals surface area contributed by atoms with E-state index in [9.17, 15) is 19.5 Å². The number of amides is 4. The first-order valence-electron chi connectivity index (χ1n) is 16.7. The minimum absolute atomic E-state index is 0.0242. The second-order valence-corrected chi connectivity index (χ2v) is 12.8. The summed E-state index contributed by atoms with van der Waals surface area (Å²) in [6.07, 6.45) is 5.61. The van der Waals surface area contributed by atoms with Gasteiger partial charge in [0.2, 0.25) is 5.91 Å². The number of aliphatic hydroxyl groups is 1. The Hall–Kier alpha value is -5.36. The van der Waals surface area contributed by atoms with Crippen LogP contribution in [0.3, 0.4) is 0 Å². The van der Waals surface area contributed by atoms with Gasteiger partial charge in [0.25, 0.3) is 0 Å². The first kappa shape index (κ1) is 37.5. The molecule has 2 aromatic heterocycles. The van der Waals surface area contributed by atoms with Crippen molar-refractivity contribution in [3.63, 3.8) is 0 Å². The van der Waals surface area contributed by atoms with Crippen LogP contribution in [-0.2, 0) is 35.5 Å². The SMILES string of the molecule is Cc1cncc(CN(C)C(=O)N[C@H](C(=O)N[C@@H](Cc2ccccc2)C[C@H](O)[C@H](Cc2ccccc2)NC(=O)OCc2cccnc2)C(C)C)n1. The first-order valence-corrected chi connectivity index (χ1v) is 16.7. The molecule has 4 amide bonds. The molecular weight excluding hydrogens is 634 g/mol. The van der Waals surface area contributed by atoms with Gasteiger partial charge in [0.1, 0.15) is 12.6 Å². The van der Waals surface area contributed by atoms with Crippen LogP contribution in [0.2, 0.25) is 0 Å². The van der Waals surface area contributed by atoms with Crippen LogP contribution in [0.25, 0.3) is 0 Å². The summed E-state index contributed by atoms with van der Waals surface area (Å²) >= 11 is 0. The van der Waals surface area contributed by atoms with Crippen molar-refractivity contribution >= 4 is 18.0 Å². The molecule has 4 aromatic rings. The van der Waals surface area contributed by atoms with Crippen molar-refractivity contribution in [1.82, 2.24) is 35.8 Å². The highest BCUT2D eigenvalue weighted by Crippen LogP contribution is 2.16. The lowest BCUT2D eigenvalue weighted by molar-refractivity contribution is -0.124. The third-order valence-corrected chi connectivity index (χ3v) is 8.14. The lowest BCUT2D eigenvalue weighted by atomic mass is 9.93. The maximum Gasteiger partial charge on any atom is 0.407 e. The summed E-state index contributed by atoms with van der Waals surface area (Å²) in [7, 11) is 1.63. The molecule has 0 aliphatic rings. The molecule has 2 heterocycles. The second kappa shape index (κ2) is 19.0. The Bertz CT molecular complexity index is 1640. The van der Waals surface area contributed by atoms with Gasteiger partial charge in [0.15, 0.2) is 0 Å². The standard InChI is InChI=1S/C38H47N7O5/c1-26(2)35(44-37(48)45(4)24-32-23-40-21-27(3)41-32)36(47)42-31(18-28-12-7-5-8-13-28)20-34(46)33(19-29-14-9-6-10-15-29)43-38(49)50-25-30-16-11-17-39-22-30/h5-17,21-23,26,31,33-35,46H,18-20,24-25H2,1-4H3,(H,42,47)(H,43,49)(H,44,48)/t31-,33-,34-,35-/m0/s1. The van der Waals surface area contributed by atoms with Crippen molar-refractivity contribution in [3.05, 3.63) is 126 Å². The van der Waals surface area contributed by atoms with Gasteiger partial charge >= 0.3 is 12.1 Å². The molecule has 0 fully saturated rings. The van der Waals surface area contributed by atoms with Crippen molar-refractivity contribution < 1.29 is 24.2 Å². The molecule has 2 aromatic carbocycles. The van der Waals surface area contributed by atoms with Crippen LogP contribution >= 0.6 is 0 Å². The van der Waals surface area contributed by atoms with Crippen molar-refractivity contribution in [3.8, 4) is 0 Å². The number of hydrogen-bond donors (Lipinski definition) is 4. The van der Waals surface area contributed by atoms with E-state index < -0.39 is 36.4 Å². The van der Waals surface area contributed by atoms with Crippen molar-refractivity contribution in [2.24, 2.45) is 5.92 Å². The molecule has 0 saturated carbocycles.